The number of carbonyl (C=O) groups excluding carboxylic acids is 2. The number of benzene rings is 2. The molecule has 0 aliphatic rings. The van der Waals surface area contributed by atoms with E-state index in [0.29, 0.717) is 24.3 Å². The minimum Gasteiger partial charge on any atom is -0.481 e. The molecule has 5 heteroatoms. The summed E-state index contributed by atoms with van der Waals surface area (Å²) in [5.74, 6) is 0.492. The standard InChI is InChI=1S/C20H24N2O3/c1-4-18(25-17-8-6-5-7-9-17)20(24)22(3)14-15-10-12-16(13-11-15)19(23)21-2/h5-13,18H,4,14H2,1-3H3,(H,21,23)/t18-/m0/s1. The van der Waals surface area contributed by atoms with Crippen LogP contribution in [0, 0.1) is 0 Å². The molecule has 25 heavy (non-hydrogen) atoms. The van der Waals surface area contributed by atoms with E-state index in [0.717, 1.165) is 5.56 Å². The van der Waals surface area contributed by atoms with Gasteiger partial charge in [-0.3, -0.25) is 9.59 Å². The number of nitrogens with zero attached hydrogens (tertiary/aromatic N) is 1. The predicted octanol–water partition coefficient (Wildman–Crippen LogP) is 2.86. The fourth-order valence-electron chi connectivity index (χ4n) is 2.48. The van der Waals surface area contributed by atoms with Crippen LogP contribution < -0.4 is 10.1 Å². The van der Waals surface area contributed by atoms with Crippen molar-refractivity contribution in [1.29, 1.82) is 0 Å². The molecule has 1 atom stereocenters. The van der Waals surface area contributed by atoms with Crippen molar-refractivity contribution in [1.82, 2.24) is 10.2 Å². The molecule has 2 aromatic carbocycles. The van der Waals surface area contributed by atoms with E-state index in [9.17, 15) is 9.59 Å². The molecular formula is C20H24N2O3. The van der Waals surface area contributed by atoms with E-state index in [2.05, 4.69) is 5.32 Å². The Morgan fingerprint density at radius 3 is 2.28 bits per heavy atom. The van der Waals surface area contributed by atoms with Crippen molar-refractivity contribution in [3.05, 3.63) is 65.7 Å². The van der Waals surface area contributed by atoms with Crippen molar-refractivity contribution in [2.45, 2.75) is 26.0 Å². The van der Waals surface area contributed by atoms with Gasteiger partial charge >= 0.3 is 0 Å². The molecule has 5 nitrogen and oxygen atoms in total. The van der Waals surface area contributed by atoms with Crippen LogP contribution >= 0.6 is 0 Å². The lowest BCUT2D eigenvalue weighted by molar-refractivity contribution is -0.138. The van der Waals surface area contributed by atoms with Gasteiger partial charge in [0.15, 0.2) is 6.10 Å². The maximum absolute atomic E-state index is 12.6. The average molecular weight is 340 g/mol. The number of carbonyl (C=O) groups is 2. The van der Waals surface area contributed by atoms with Crippen molar-refractivity contribution >= 4 is 11.8 Å². The van der Waals surface area contributed by atoms with Gasteiger partial charge in [0, 0.05) is 26.2 Å². The number of hydrogen-bond acceptors (Lipinski definition) is 3. The minimum absolute atomic E-state index is 0.0678. The van der Waals surface area contributed by atoms with Crippen LogP contribution in [0.2, 0.25) is 0 Å². The molecule has 1 N–H and O–H groups in total. The number of rotatable bonds is 7. The number of nitrogens with one attached hydrogen (secondary N) is 1. The van der Waals surface area contributed by atoms with Crippen LogP contribution in [-0.4, -0.2) is 36.9 Å². The number of amides is 2. The molecule has 0 spiro atoms. The first-order valence-corrected chi connectivity index (χ1v) is 8.32. The number of likely N-dealkylation sites (N-methyl/N-ethyl adjacent to an activating group) is 1. The summed E-state index contributed by atoms with van der Waals surface area (Å²) in [5, 5.41) is 2.59. The smallest absolute Gasteiger partial charge is 0.263 e. The van der Waals surface area contributed by atoms with Crippen LogP contribution in [0.25, 0.3) is 0 Å². The van der Waals surface area contributed by atoms with Crippen LogP contribution in [0.3, 0.4) is 0 Å². The normalized spacial score (nSPS) is 11.5. The first kappa shape index (κ1) is 18.5. The van der Waals surface area contributed by atoms with E-state index in [1.807, 2.05) is 49.4 Å². The zero-order valence-electron chi connectivity index (χ0n) is 14.9. The van der Waals surface area contributed by atoms with Crippen LogP contribution in [0.15, 0.2) is 54.6 Å². The predicted molar refractivity (Wildman–Crippen MR) is 97.5 cm³/mol. The lowest BCUT2D eigenvalue weighted by Gasteiger charge is -2.24. The van der Waals surface area contributed by atoms with Crippen molar-refractivity contribution in [2.24, 2.45) is 0 Å². The second-order valence-corrected chi connectivity index (χ2v) is 5.80. The largest absolute Gasteiger partial charge is 0.481 e. The zero-order chi connectivity index (χ0) is 18.2. The van der Waals surface area contributed by atoms with E-state index in [1.165, 1.54) is 0 Å². The molecule has 0 aliphatic heterocycles. The van der Waals surface area contributed by atoms with Gasteiger partial charge in [0.05, 0.1) is 0 Å². The van der Waals surface area contributed by atoms with Crippen molar-refractivity contribution in [3.8, 4) is 5.75 Å². The zero-order valence-corrected chi connectivity index (χ0v) is 14.9. The third-order valence-corrected chi connectivity index (χ3v) is 3.91. The molecule has 0 aromatic heterocycles. The Balaban J connectivity index is 1.99. The van der Waals surface area contributed by atoms with Gasteiger partial charge < -0.3 is 15.0 Å². The fourth-order valence-corrected chi connectivity index (χ4v) is 2.48. The lowest BCUT2D eigenvalue weighted by atomic mass is 10.1. The molecule has 132 valence electrons. The molecule has 0 bridgehead atoms. The fraction of sp³-hybridized carbons (Fsp3) is 0.300. The highest BCUT2D eigenvalue weighted by atomic mass is 16.5. The van der Waals surface area contributed by atoms with Gasteiger partial charge in [-0.25, -0.2) is 0 Å². The van der Waals surface area contributed by atoms with Gasteiger partial charge in [-0.1, -0.05) is 37.3 Å². The Kier molecular flexibility index (Phi) is 6.57. The molecule has 0 saturated heterocycles. The van der Waals surface area contributed by atoms with Gasteiger partial charge in [0.1, 0.15) is 5.75 Å². The van der Waals surface area contributed by atoms with Gasteiger partial charge in [-0.05, 0) is 36.2 Å². The summed E-state index contributed by atoms with van der Waals surface area (Å²) in [7, 11) is 3.35. The van der Waals surface area contributed by atoms with Crippen LogP contribution in [0.5, 0.6) is 5.75 Å². The van der Waals surface area contributed by atoms with Gasteiger partial charge in [0.2, 0.25) is 0 Å². The first-order valence-electron chi connectivity index (χ1n) is 8.32. The number of para-hydroxylation sites is 1. The lowest BCUT2D eigenvalue weighted by Crippen LogP contribution is -2.39. The van der Waals surface area contributed by atoms with E-state index in [4.69, 9.17) is 4.74 Å². The van der Waals surface area contributed by atoms with Gasteiger partial charge in [0.25, 0.3) is 11.8 Å². The number of ether oxygens (including phenoxy) is 1. The van der Waals surface area contributed by atoms with E-state index < -0.39 is 6.10 Å². The monoisotopic (exact) mass is 340 g/mol. The topological polar surface area (TPSA) is 58.6 Å². The summed E-state index contributed by atoms with van der Waals surface area (Å²) >= 11 is 0. The molecule has 0 radical (unpaired) electrons. The summed E-state index contributed by atoms with van der Waals surface area (Å²) in [6.45, 7) is 2.39. The highest BCUT2D eigenvalue weighted by Gasteiger charge is 2.22. The maximum atomic E-state index is 12.6. The summed E-state index contributed by atoms with van der Waals surface area (Å²) in [4.78, 5) is 25.9. The van der Waals surface area contributed by atoms with E-state index >= 15 is 0 Å². The Labute approximate surface area is 148 Å². The van der Waals surface area contributed by atoms with Gasteiger partial charge in [-0.15, -0.1) is 0 Å². The molecule has 0 heterocycles. The summed E-state index contributed by atoms with van der Waals surface area (Å²) in [6.07, 6.45) is 0.0748. The van der Waals surface area contributed by atoms with Crippen molar-refractivity contribution in [2.75, 3.05) is 14.1 Å². The van der Waals surface area contributed by atoms with Crippen LogP contribution in [0.1, 0.15) is 29.3 Å². The Morgan fingerprint density at radius 1 is 1.08 bits per heavy atom. The van der Waals surface area contributed by atoms with Crippen LogP contribution in [0.4, 0.5) is 0 Å². The SMILES string of the molecule is CC[C@H](Oc1ccccc1)C(=O)N(C)Cc1ccc(C(=O)NC)cc1. The molecule has 0 unspecified atom stereocenters. The second kappa shape index (κ2) is 8.87. The Bertz CT molecular complexity index is 699. The van der Waals surface area contributed by atoms with Gasteiger partial charge in [-0.2, -0.15) is 0 Å². The number of hydrogen-bond donors (Lipinski definition) is 1. The molecule has 2 rings (SSSR count). The Morgan fingerprint density at radius 2 is 1.72 bits per heavy atom. The molecule has 0 aliphatic carbocycles. The van der Waals surface area contributed by atoms with Crippen molar-refractivity contribution in [3.63, 3.8) is 0 Å². The second-order valence-electron chi connectivity index (χ2n) is 5.80. The molecule has 2 aromatic rings. The minimum atomic E-state index is -0.516. The third kappa shape index (κ3) is 5.08. The molecule has 2 amide bonds. The summed E-state index contributed by atoms with van der Waals surface area (Å²) in [6, 6.07) is 16.6. The quantitative estimate of drug-likeness (QED) is 0.843. The van der Waals surface area contributed by atoms with Crippen LogP contribution in [-0.2, 0) is 11.3 Å². The molecular weight excluding hydrogens is 316 g/mol. The van der Waals surface area contributed by atoms with Crippen molar-refractivity contribution < 1.29 is 14.3 Å². The highest BCUT2D eigenvalue weighted by Crippen LogP contribution is 2.15. The molecule has 0 fully saturated rings. The Hall–Kier alpha value is -2.82. The molecule has 0 saturated carbocycles. The first-order chi connectivity index (χ1) is 12.0. The van der Waals surface area contributed by atoms with E-state index in [-0.39, 0.29) is 11.8 Å². The summed E-state index contributed by atoms with van der Waals surface area (Å²) < 4.78 is 5.81. The highest BCUT2D eigenvalue weighted by molar-refractivity contribution is 5.93. The maximum Gasteiger partial charge on any atom is 0.263 e. The third-order valence-electron chi connectivity index (χ3n) is 3.91. The van der Waals surface area contributed by atoms with E-state index in [1.54, 1.807) is 31.1 Å². The average Bonchev–Trinajstić information content (AvgIpc) is 2.66. The summed E-state index contributed by atoms with van der Waals surface area (Å²) in [5.41, 5.74) is 1.55.